The minimum atomic E-state index is -0.106. The van der Waals surface area contributed by atoms with Crippen molar-refractivity contribution in [3.8, 4) is 6.07 Å². The standard InChI is InChI=1S/C18H18N2OS/c1-13-3-8-17(11-14(13)2)22-10-9-20-18(21)16-6-4-15(12-19)5-7-16/h3-8,11H,9-10H2,1-2H3,(H,20,21). The van der Waals surface area contributed by atoms with E-state index in [4.69, 9.17) is 5.26 Å². The molecule has 0 radical (unpaired) electrons. The second-order valence-electron chi connectivity index (χ2n) is 5.04. The van der Waals surface area contributed by atoms with Gasteiger partial charge in [0.2, 0.25) is 0 Å². The minimum Gasteiger partial charge on any atom is -0.351 e. The summed E-state index contributed by atoms with van der Waals surface area (Å²) in [5, 5.41) is 11.6. The molecule has 0 heterocycles. The molecule has 3 nitrogen and oxygen atoms in total. The van der Waals surface area contributed by atoms with Crippen molar-refractivity contribution < 1.29 is 4.79 Å². The number of nitrogens with one attached hydrogen (secondary N) is 1. The Morgan fingerprint density at radius 3 is 2.50 bits per heavy atom. The van der Waals surface area contributed by atoms with Crippen molar-refractivity contribution in [3.05, 3.63) is 64.7 Å². The Balaban J connectivity index is 1.79. The largest absolute Gasteiger partial charge is 0.351 e. The molecule has 0 saturated heterocycles. The fraction of sp³-hybridized carbons (Fsp3) is 0.222. The van der Waals surface area contributed by atoms with E-state index in [1.165, 1.54) is 16.0 Å². The Morgan fingerprint density at radius 2 is 1.86 bits per heavy atom. The fourth-order valence-electron chi connectivity index (χ4n) is 1.94. The molecule has 112 valence electrons. The molecule has 2 aromatic carbocycles. The van der Waals surface area contributed by atoms with Crippen LogP contribution in [0.5, 0.6) is 0 Å². The quantitative estimate of drug-likeness (QED) is 0.677. The van der Waals surface area contributed by atoms with Gasteiger partial charge in [0.05, 0.1) is 11.6 Å². The molecule has 0 atom stereocenters. The van der Waals surface area contributed by atoms with Gasteiger partial charge in [0.1, 0.15) is 0 Å². The molecular weight excluding hydrogens is 292 g/mol. The van der Waals surface area contributed by atoms with Crippen LogP contribution < -0.4 is 5.32 Å². The molecule has 0 fully saturated rings. The van der Waals surface area contributed by atoms with Crippen molar-refractivity contribution in [1.82, 2.24) is 5.32 Å². The third-order valence-corrected chi connectivity index (χ3v) is 4.41. The van der Waals surface area contributed by atoms with E-state index < -0.39 is 0 Å². The summed E-state index contributed by atoms with van der Waals surface area (Å²) in [4.78, 5) is 13.2. The minimum absolute atomic E-state index is 0.106. The van der Waals surface area contributed by atoms with Gasteiger partial charge in [-0.2, -0.15) is 5.26 Å². The molecular formula is C18H18N2OS. The highest BCUT2D eigenvalue weighted by molar-refractivity contribution is 7.99. The van der Waals surface area contributed by atoms with Gasteiger partial charge in [-0.1, -0.05) is 6.07 Å². The maximum atomic E-state index is 12.0. The monoisotopic (exact) mass is 310 g/mol. The van der Waals surface area contributed by atoms with E-state index in [-0.39, 0.29) is 5.91 Å². The maximum Gasteiger partial charge on any atom is 0.251 e. The number of hydrogen-bond acceptors (Lipinski definition) is 3. The Morgan fingerprint density at radius 1 is 1.14 bits per heavy atom. The van der Waals surface area contributed by atoms with E-state index in [1.54, 1.807) is 36.0 Å². The van der Waals surface area contributed by atoms with Crippen molar-refractivity contribution in [2.45, 2.75) is 18.7 Å². The van der Waals surface area contributed by atoms with E-state index in [9.17, 15) is 4.79 Å². The number of rotatable bonds is 5. The SMILES string of the molecule is Cc1ccc(SCCNC(=O)c2ccc(C#N)cc2)cc1C. The number of nitriles is 1. The van der Waals surface area contributed by atoms with E-state index in [2.05, 4.69) is 37.4 Å². The van der Waals surface area contributed by atoms with Gasteiger partial charge in [-0.25, -0.2) is 0 Å². The Labute approximate surface area is 135 Å². The molecule has 0 aliphatic heterocycles. The highest BCUT2D eigenvalue weighted by Crippen LogP contribution is 2.20. The first-order chi connectivity index (χ1) is 10.6. The predicted octanol–water partition coefficient (Wildman–Crippen LogP) is 3.70. The average molecular weight is 310 g/mol. The van der Waals surface area contributed by atoms with Crippen LogP contribution in [0, 0.1) is 25.2 Å². The third-order valence-electron chi connectivity index (χ3n) is 3.41. The summed E-state index contributed by atoms with van der Waals surface area (Å²) in [7, 11) is 0. The van der Waals surface area contributed by atoms with E-state index in [0.717, 1.165) is 5.75 Å². The van der Waals surface area contributed by atoms with Crippen LogP contribution in [0.2, 0.25) is 0 Å². The Hall–Kier alpha value is -2.25. The zero-order valence-corrected chi connectivity index (χ0v) is 13.5. The first-order valence-corrected chi connectivity index (χ1v) is 8.07. The topological polar surface area (TPSA) is 52.9 Å². The molecule has 0 aliphatic carbocycles. The van der Waals surface area contributed by atoms with Crippen molar-refractivity contribution in [1.29, 1.82) is 5.26 Å². The van der Waals surface area contributed by atoms with E-state index in [1.807, 2.05) is 6.07 Å². The van der Waals surface area contributed by atoms with E-state index in [0.29, 0.717) is 17.7 Å². The van der Waals surface area contributed by atoms with Crippen LogP contribution >= 0.6 is 11.8 Å². The van der Waals surface area contributed by atoms with Crippen LogP contribution in [-0.4, -0.2) is 18.2 Å². The Kier molecular flexibility index (Phi) is 5.62. The van der Waals surface area contributed by atoms with Gasteiger partial charge < -0.3 is 5.32 Å². The summed E-state index contributed by atoms with van der Waals surface area (Å²) in [5.41, 5.74) is 3.71. The lowest BCUT2D eigenvalue weighted by atomic mass is 10.1. The Bertz CT molecular complexity index is 702. The zero-order chi connectivity index (χ0) is 15.9. The molecule has 0 spiro atoms. The summed E-state index contributed by atoms with van der Waals surface area (Å²) in [5.74, 6) is 0.718. The molecule has 0 bridgehead atoms. The summed E-state index contributed by atoms with van der Waals surface area (Å²) >= 11 is 1.73. The molecule has 0 aromatic heterocycles. The maximum absolute atomic E-state index is 12.0. The lowest BCUT2D eigenvalue weighted by Gasteiger charge is -2.07. The van der Waals surface area contributed by atoms with Crippen LogP contribution in [0.25, 0.3) is 0 Å². The molecule has 1 amide bonds. The van der Waals surface area contributed by atoms with Crippen molar-refractivity contribution >= 4 is 17.7 Å². The van der Waals surface area contributed by atoms with Crippen LogP contribution in [0.15, 0.2) is 47.4 Å². The second kappa shape index (κ2) is 7.67. The molecule has 0 aliphatic rings. The second-order valence-corrected chi connectivity index (χ2v) is 6.21. The van der Waals surface area contributed by atoms with Gasteiger partial charge in [-0.3, -0.25) is 4.79 Å². The number of hydrogen-bond donors (Lipinski definition) is 1. The van der Waals surface area contributed by atoms with Crippen LogP contribution in [-0.2, 0) is 0 Å². The summed E-state index contributed by atoms with van der Waals surface area (Å²) in [6.07, 6.45) is 0. The predicted molar refractivity (Wildman–Crippen MR) is 90.1 cm³/mol. The van der Waals surface area contributed by atoms with Gasteiger partial charge >= 0.3 is 0 Å². The number of nitrogens with zero attached hydrogens (tertiary/aromatic N) is 1. The van der Waals surface area contributed by atoms with Crippen LogP contribution in [0.3, 0.4) is 0 Å². The van der Waals surface area contributed by atoms with Crippen LogP contribution in [0.1, 0.15) is 27.0 Å². The lowest BCUT2D eigenvalue weighted by Crippen LogP contribution is -2.25. The van der Waals surface area contributed by atoms with Crippen molar-refractivity contribution in [2.24, 2.45) is 0 Å². The highest BCUT2D eigenvalue weighted by atomic mass is 32.2. The third kappa shape index (κ3) is 4.37. The number of carbonyl (C=O) groups is 1. The van der Waals surface area contributed by atoms with Crippen molar-refractivity contribution in [3.63, 3.8) is 0 Å². The first-order valence-electron chi connectivity index (χ1n) is 7.08. The molecule has 2 aromatic rings. The number of carbonyl (C=O) groups excluding carboxylic acids is 1. The van der Waals surface area contributed by atoms with Gasteiger partial charge in [0.25, 0.3) is 5.91 Å². The summed E-state index contributed by atoms with van der Waals surface area (Å²) < 4.78 is 0. The molecule has 4 heteroatoms. The molecule has 22 heavy (non-hydrogen) atoms. The average Bonchev–Trinajstić information content (AvgIpc) is 2.54. The summed E-state index contributed by atoms with van der Waals surface area (Å²) in [6.45, 7) is 4.81. The summed E-state index contributed by atoms with van der Waals surface area (Å²) in [6, 6.07) is 15.1. The number of aryl methyl sites for hydroxylation is 2. The van der Waals surface area contributed by atoms with E-state index >= 15 is 0 Å². The molecule has 0 saturated carbocycles. The number of benzene rings is 2. The zero-order valence-electron chi connectivity index (χ0n) is 12.7. The van der Waals surface area contributed by atoms with Crippen LogP contribution in [0.4, 0.5) is 0 Å². The first kappa shape index (κ1) is 16.1. The smallest absolute Gasteiger partial charge is 0.251 e. The molecule has 2 rings (SSSR count). The normalized spacial score (nSPS) is 10.0. The fourth-order valence-corrected chi connectivity index (χ4v) is 2.80. The molecule has 0 unspecified atom stereocenters. The van der Waals surface area contributed by atoms with Gasteiger partial charge in [0, 0.05) is 22.8 Å². The lowest BCUT2D eigenvalue weighted by molar-refractivity contribution is 0.0956. The van der Waals surface area contributed by atoms with Gasteiger partial charge in [-0.15, -0.1) is 11.8 Å². The van der Waals surface area contributed by atoms with Gasteiger partial charge in [-0.05, 0) is 61.4 Å². The number of thioether (sulfide) groups is 1. The van der Waals surface area contributed by atoms with Crippen molar-refractivity contribution in [2.75, 3.05) is 12.3 Å². The number of amides is 1. The molecule has 1 N–H and O–H groups in total. The highest BCUT2D eigenvalue weighted by Gasteiger charge is 2.04. The van der Waals surface area contributed by atoms with Gasteiger partial charge in [0.15, 0.2) is 0 Å².